The van der Waals surface area contributed by atoms with Crippen molar-refractivity contribution >= 4 is 24.1 Å². The van der Waals surface area contributed by atoms with Crippen molar-refractivity contribution in [3.8, 4) is 0 Å². The molecule has 1 aromatic rings. The van der Waals surface area contributed by atoms with Crippen LogP contribution in [-0.2, 0) is 16.0 Å². The Labute approximate surface area is 132 Å². The number of benzene rings is 1. The van der Waals surface area contributed by atoms with Gasteiger partial charge in [-0.15, -0.1) is 0 Å². The van der Waals surface area contributed by atoms with Crippen LogP contribution >= 0.6 is 0 Å². The van der Waals surface area contributed by atoms with Gasteiger partial charge in [0.2, 0.25) is 11.8 Å². The first-order valence-electron chi connectivity index (χ1n) is 7.48. The number of urea groups is 1. The van der Waals surface area contributed by atoms with Crippen LogP contribution in [0.5, 0.6) is 0 Å². The molecule has 1 aliphatic carbocycles. The molecule has 0 spiro atoms. The number of amides is 4. The van der Waals surface area contributed by atoms with E-state index in [-0.39, 0.29) is 18.4 Å². The smallest absolute Gasteiger partial charge is 0.293 e. The van der Waals surface area contributed by atoms with E-state index < -0.39 is 23.8 Å². The van der Waals surface area contributed by atoms with Crippen LogP contribution < -0.4 is 5.32 Å². The second-order valence-corrected chi connectivity index (χ2v) is 5.67. The van der Waals surface area contributed by atoms with Crippen LogP contribution in [0.4, 0.5) is 9.18 Å². The molecule has 23 heavy (non-hydrogen) atoms. The summed E-state index contributed by atoms with van der Waals surface area (Å²) in [6.45, 7) is 0.122. The summed E-state index contributed by atoms with van der Waals surface area (Å²) >= 11 is 0. The molecule has 0 unspecified atom stereocenters. The maximum atomic E-state index is 12.9. The van der Waals surface area contributed by atoms with Gasteiger partial charge in [-0.05, 0) is 37.0 Å². The number of nitrogens with zero attached hydrogens (tertiary/aromatic N) is 2. The van der Waals surface area contributed by atoms with Gasteiger partial charge < -0.3 is 0 Å². The number of hydrogen-bond acceptors (Lipinski definition) is 4. The molecule has 4 amide bonds. The lowest BCUT2D eigenvalue weighted by Crippen LogP contribution is -2.58. The van der Waals surface area contributed by atoms with Gasteiger partial charge in [0.15, 0.2) is 5.92 Å². The third kappa shape index (κ3) is 3.61. The van der Waals surface area contributed by atoms with Gasteiger partial charge in [0, 0.05) is 18.8 Å². The Bertz CT molecular complexity index is 668. The summed E-state index contributed by atoms with van der Waals surface area (Å²) in [5.74, 6) is -2.60. The maximum absolute atomic E-state index is 12.9. The first-order valence-corrected chi connectivity index (χ1v) is 7.48. The van der Waals surface area contributed by atoms with E-state index in [9.17, 15) is 18.8 Å². The summed E-state index contributed by atoms with van der Waals surface area (Å²) < 4.78 is 12.9. The number of barbiturate groups is 1. The molecule has 3 rings (SSSR count). The van der Waals surface area contributed by atoms with Gasteiger partial charge in [-0.25, -0.2) is 9.18 Å². The molecule has 2 fully saturated rings. The summed E-state index contributed by atoms with van der Waals surface area (Å²) in [5.41, 5.74) is 0.798. The van der Waals surface area contributed by atoms with E-state index in [1.165, 1.54) is 18.3 Å². The molecule has 1 N–H and O–H groups in total. The summed E-state index contributed by atoms with van der Waals surface area (Å²) in [7, 11) is 0. The molecule has 1 saturated heterocycles. The summed E-state index contributed by atoms with van der Waals surface area (Å²) in [5, 5.41) is 2.18. The minimum absolute atomic E-state index is 0.122. The van der Waals surface area contributed by atoms with Crippen molar-refractivity contribution in [2.45, 2.75) is 25.3 Å². The number of halogens is 1. The standard InChI is InChI=1S/C16H16FN3O3/c17-11-3-1-10(2-4-11)7-8-20-15(22)13(9-18-12-5-6-12)14(21)19-16(20)23/h1-4,9,12-13H,5-8H2,(H,19,21,23)/t13-/m0/s1. The van der Waals surface area contributed by atoms with Gasteiger partial charge in [-0.3, -0.25) is 24.8 Å². The monoisotopic (exact) mass is 317 g/mol. The van der Waals surface area contributed by atoms with Crippen LogP contribution in [0.25, 0.3) is 0 Å². The molecule has 1 saturated carbocycles. The quantitative estimate of drug-likeness (QED) is 0.656. The summed E-state index contributed by atoms with van der Waals surface area (Å²) in [6, 6.07) is 5.31. The normalized spacial score (nSPS) is 21.9. The minimum Gasteiger partial charge on any atom is -0.293 e. The fourth-order valence-electron chi connectivity index (χ4n) is 2.30. The fourth-order valence-corrected chi connectivity index (χ4v) is 2.30. The first kappa shape index (κ1) is 15.3. The van der Waals surface area contributed by atoms with E-state index in [1.807, 2.05) is 0 Å². The topological polar surface area (TPSA) is 78.8 Å². The molecule has 6 nitrogen and oxygen atoms in total. The van der Waals surface area contributed by atoms with Crippen LogP contribution in [0.1, 0.15) is 18.4 Å². The van der Waals surface area contributed by atoms with Crippen molar-refractivity contribution in [1.29, 1.82) is 0 Å². The highest BCUT2D eigenvalue weighted by Crippen LogP contribution is 2.23. The van der Waals surface area contributed by atoms with Crippen LogP contribution in [0, 0.1) is 11.7 Å². The van der Waals surface area contributed by atoms with E-state index >= 15 is 0 Å². The number of hydrogen-bond donors (Lipinski definition) is 1. The van der Waals surface area contributed by atoms with E-state index in [4.69, 9.17) is 0 Å². The molecule has 1 aliphatic heterocycles. The van der Waals surface area contributed by atoms with Crippen molar-refractivity contribution < 1.29 is 18.8 Å². The molecule has 120 valence electrons. The van der Waals surface area contributed by atoms with Crippen LogP contribution in [0.3, 0.4) is 0 Å². The predicted octanol–water partition coefficient (Wildman–Crippen LogP) is 1.30. The Morgan fingerprint density at radius 2 is 1.91 bits per heavy atom. The number of nitrogens with one attached hydrogen (secondary N) is 1. The zero-order valence-electron chi connectivity index (χ0n) is 12.4. The summed E-state index contributed by atoms with van der Waals surface area (Å²) in [4.78, 5) is 41.2. The number of carbonyl (C=O) groups is 3. The predicted molar refractivity (Wildman–Crippen MR) is 80.4 cm³/mol. The van der Waals surface area contributed by atoms with E-state index in [1.54, 1.807) is 12.1 Å². The first-order chi connectivity index (χ1) is 11.0. The number of imide groups is 2. The zero-order valence-corrected chi connectivity index (χ0v) is 12.4. The van der Waals surface area contributed by atoms with Crippen LogP contribution in [0.15, 0.2) is 29.3 Å². The second-order valence-electron chi connectivity index (χ2n) is 5.67. The highest BCUT2D eigenvalue weighted by atomic mass is 19.1. The van der Waals surface area contributed by atoms with Crippen molar-refractivity contribution in [2.24, 2.45) is 10.9 Å². The lowest BCUT2D eigenvalue weighted by molar-refractivity contribution is -0.139. The number of aliphatic imine (C=N–C) groups is 1. The van der Waals surface area contributed by atoms with Gasteiger partial charge >= 0.3 is 6.03 Å². The SMILES string of the molecule is O=C1NC(=O)N(CCc2ccc(F)cc2)C(=O)[C@H]1C=NC1CC1. The molecule has 2 aliphatic rings. The molecule has 1 atom stereocenters. The fraction of sp³-hybridized carbons (Fsp3) is 0.375. The van der Waals surface area contributed by atoms with Crippen molar-refractivity contribution in [3.63, 3.8) is 0 Å². The largest absolute Gasteiger partial charge is 0.330 e. The Kier molecular flexibility index (Phi) is 4.18. The second kappa shape index (κ2) is 6.28. The average molecular weight is 317 g/mol. The van der Waals surface area contributed by atoms with Gasteiger partial charge in [-0.2, -0.15) is 0 Å². The Balaban J connectivity index is 1.66. The van der Waals surface area contributed by atoms with Crippen molar-refractivity contribution in [2.75, 3.05) is 6.54 Å². The lowest BCUT2D eigenvalue weighted by atomic mass is 10.1. The van der Waals surface area contributed by atoms with E-state index in [0.717, 1.165) is 23.3 Å². The summed E-state index contributed by atoms with van der Waals surface area (Å²) in [6.07, 6.45) is 3.66. The van der Waals surface area contributed by atoms with Crippen molar-refractivity contribution in [3.05, 3.63) is 35.6 Å². The van der Waals surface area contributed by atoms with Gasteiger partial charge in [-0.1, -0.05) is 12.1 Å². The van der Waals surface area contributed by atoms with Gasteiger partial charge in [0.05, 0.1) is 0 Å². The lowest BCUT2D eigenvalue weighted by Gasteiger charge is -2.28. The highest BCUT2D eigenvalue weighted by molar-refractivity contribution is 6.23. The maximum Gasteiger partial charge on any atom is 0.330 e. The molecule has 0 aromatic heterocycles. The Morgan fingerprint density at radius 3 is 2.57 bits per heavy atom. The van der Waals surface area contributed by atoms with Gasteiger partial charge in [0.1, 0.15) is 5.82 Å². The molecular weight excluding hydrogens is 301 g/mol. The third-order valence-corrected chi connectivity index (χ3v) is 3.82. The van der Waals surface area contributed by atoms with Crippen LogP contribution in [-0.4, -0.2) is 41.5 Å². The number of rotatable bonds is 5. The Hall–Kier alpha value is -2.57. The zero-order chi connectivity index (χ0) is 16.4. The van der Waals surface area contributed by atoms with E-state index in [0.29, 0.717) is 6.42 Å². The van der Waals surface area contributed by atoms with Crippen LogP contribution in [0.2, 0.25) is 0 Å². The molecule has 7 heteroatoms. The van der Waals surface area contributed by atoms with Crippen molar-refractivity contribution in [1.82, 2.24) is 10.2 Å². The molecule has 0 bridgehead atoms. The molecule has 1 heterocycles. The molecule has 0 radical (unpaired) electrons. The third-order valence-electron chi connectivity index (χ3n) is 3.82. The number of carbonyl (C=O) groups excluding carboxylic acids is 3. The minimum atomic E-state index is -1.05. The Morgan fingerprint density at radius 1 is 1.22 bits per heavy atom. The molecular formula is C16H16FN3O3. The average Bonchev–Trinajstić information content (AvgIpc) is 3.32. The van der Waals surface area contributed by atoms with E-state index in [2.05, 4.69) is 10.3 Å². The highest BCUT2D eigenvalue weighted by Gasteiger charge is 2.39. The molecule has 1 aromatic carbocycles. The van der Waals surface area contributed by atoms with Gasteiger partial charge in [0.25, 0.3) is 0 Å².